The summed E-state index contributed by atoms with van der Waals surface area (Å²) in [5, 5.41) is 22.4. The lowest BCUT2D eigenvalue weighted by atomic mass is 9.76. The summed E-state index contributed by atoms with van der Waals surface area (Å²) in [6.45, 7) is 0. The van der Waals surface area contributed by atoms with Crippen molar-refractivity contribution in [2.75, 3.05) is 23.1 Å². The Morgan fingerprint density at radius 3 is 2.69 bits per heavy atom. The van der Waals surface area contributed by atoms with Crippen molar-refractivity contribution >= 4 is 74.8 Å². The lowest BCUT2D eigenvalue weighted by Crippen LogP contribution is -2.38. The average molecular weight is 642 g/mol. The van der Waals surface area contributed by atoms with Crippen LogP contribution in [-0.2, 0) is 14.3 Å². The predicted octanol–water partition coefficient (Wildman–Crippen LogP) is 5.67. The number of anilines is 2. The largest absolute Gasteiger partial charge is 0.465 e. The molecule has 2 aromatic carbocycles. The Balaban J connectivity index is 1.38. The second-order valence-corrected chi connectivity index (χ2v) is 12.2. The van der Waals surface area contributed by atoms with E-state index in [1.165, 1.54) is 30.2 Å². The van der Waals surface area contributed by atoms with Crippen molar-refractivity contribution in [1.29, 1.82) is 5.26 Å². The van der Waals surface area contributed by atoms with Gasteiger partial charge in [0.25, 0.3) is 0 Å². The number of carbonyl (C=O) groups is 3. The van der Waals surface area contributed by atoms with Gasteiger partial charge in [-0.3, -0.25) is 14.5 Å². The molecule has 1 atom stereocenters. The zero-order chi connectivity index (χ0) is 30.0. The summed E-state index contributed by atoms with van der Waals surface area (Å²) in [6.07, 6.45) is 1.48. The number of carbonyl (C=O) groups excluding carboxylic acids is 3. The van der Waals surface area contributed by atoms with Gasteiger partial charge in [0.15, 0.2) is 10.1 Å². The van der Waals surface area contributed by atoms with Gasteiger partial charge in [-0.1, -0.05) is 58.4 Å². The minimum atomic E-state index is -0.757. The van der Waals surface area contributed by atoms with Gasteiger partial charge in [-0.2, -0.15) is 5.26 Å². The monoisotopic (exact) mass is 640 g/mol. The Morgan fingerprint density at radius 2 is 1.98 bits per heavy atom. The third-order valence-corrected chi connectivity index (χ3v) is 9.58. The number of ketones is 1. The molecule has 0 saturated heterocycles. The number of amides is 1. The smallest absolute Gasteiger partial charge is 0.337 e. The number of hydrogen-bond acceptors (Lipinski definition) is 11. The molecule has 0 saturated carbocycles. The minimum absolute atomic E-state index is 0.0456. The molecule has 0 fully saturated rings. The van der Waals surface area contributed by atoms with Gasteiger partial charge in [0.05, 0.1) is 46.0 Å². The summed E-state index contributed by atoms with van der Waals surface area (Å²) < 4.78 is 5.17. The van der Waals surface area contributed by atoms with Crippen LogP contribution >= 0.6 is 46.3 Å². The first-order chi connectivity index (χ1) is 20.2. The lowest BCUT2D eigenvalue weighted by molar-refractivity contribution is -0.116. The summed E-state index contributed by atoms with van der Waals surface area (Å²) >= 11 is 15.2. The Morgan fingerprint density at radius 1 is 1.21 bits per heavy atom. The number of nitrogens with zero attached hydrogens (tertiary/aromatic N) is 4. The van der Waals surface area contributed by atoms with Gasteiger partial charge in [-0.05, 0) is 48.7 Å². The molecule has 42 heavy (non-hydrogen) atoms. The van der Waals surface area contributed by atoms with E-state index in [9.17, 15) is 19.6 Å². The molecule has 14 heteroatoms. The molecule has 214 valence electrons. The molecule has 3 aromatic rings. The molecule has 0 bridgehead atoms. The van der Waals surface area contributed by atoms with Crippen LogP contribution in [0.2, 0.25) is 10.0 Å². The Labute approximate surface area is 259 Å². The number of nitrogens with two attached hydrogens (primary N) is 1. The molecular formula is C28H22Cl2N6O4S2. The third kappa shape index (κ3) is 5.73. The van der Waals surface area contributed by atoms with Crippen LogP contribution in [0.1, 0.15) is 41.1 Å². The SMILES string of the molecule is COC(=O)c1ccc(NC(=O)CSc2nnc(N3C(N)=C(C#N)C(c4cccc(Cl)c4Cl)C4=C3CCCC4=O)s2)cc1. The van der Waals surface area contributed by atoms with Gasteiger partial charge in [0.2, 0.25) is 11.0 Å². The van der Waals surface area contributed by atoms with Crippen LogP contribution in [0.25, 0.3) is 0 Å². The zero-order valence-corrected chi connectivity index (χ0v) is 25.2. The van der Waals surface area contributed by atoms with Crippen molar-refractivity contribution in [1.82, 2.24) is 10.2 Å². The van der Waals surface area contributed by atoms with Crippen LogP contribution in [0.15, 0.2) is 69.5 Å². The molecule has 0 radical (unpaired) electrons. The maximum atomic E-state index is 13.3. The summed E-state index contributed by atoms with van der Waals surface area (Å²) in [4.78, 5) is 39.1. The number of nitrogens with one attached hydrogen (secondary N) is 1. The first-order valence-corrected chi connectivity index (χ1v) is 15.1. The van der Waals surface area contributed by atoms with E-state index < -0.39 is 11.9 Å². The highest BCUT2D eigenvalue weighted by molar-refractivity contribution is 8.01. The summed E-state index contributed by atoms with van der Waals surface area (Å²) in [7, 11) is 1.30. The Kier molecular flexibility index (Phi) is 8.84. The zero-order valence-electron chi connectivity index (χ0n) is 22.0. The van der Waals surface area contributed by atoms with Crippen molar-refractivity contribution < 1.29 is 19.1 Å². The van der Waals surface area contributed by atoms with Crippen LogP contribution in [0, 0.1) is 11.3 Å². The van der Waals surface area contributed by atoms with Crippen molar-refractivity contribution in [3.8, 4) is 6.07 Å². The highest BCUT2D eigenvalue weighted by Gasteiger charge is 2.42. The maximum Gasteiger partial charge on any atom is 0.337 e. The van der Waals surface area contributed by atoms with E-state index in [1.54, 1.807) is 47.4 Å². The molecule has 3 N–H and O–H groups in total. The maximum absolute atomic E-state index is 13.3. The lowest BCUT2D eigenvalue weighted by Gasteiger charge is -2.38. The van der Waals surface area contributed by atoms with Gasteiger partial charge in [-0.15, -0.1) is 10.2 Å². The van der Waals surface area contributed by atoms with Gasteiger partial charge in [0.1, 0.15) is 5.82 Å². The number of benzene rings is 2. The van der Waals surface area contributed by atoms with Crippen LogP contribution in [0.3, 0.4) is 0 Å². The number of methoxy groups -OCH3 is 1. The minimum Gasteiger partial charge on any atom is -0.465 e. The van der Waals surface area contributed by atoms with Crippen molar-refractivity contribution in [2.45, 2.75) is 29.5 Å². The van der Waals surface area contributed by atoms with E-state index in [-0.39, 0.29) is 33.9 Å². The van der Waals surface area contributed by atoms with E-state index in [1.807, 2.05) is 0 Å². The second kappa shape index (κ2) is 12.5. The van der Waals surface area contributed by atoms with E-state index in [0.717, 1.165) is 0 Å². The van der Waals surface area contributed by atoms with Gasteiger partial charge in [0, 0.05) is 23.4 Å². The molecule has 1 aromatic heterocycles. The number of thioether (sulfide) groups is 1. The van der Waals surface area contributed by atoms with Gasteiger partial charge in [-0.25, -0.2) is 4.79 Å². The van der Waals surface area contributed by atoms with Crippen LogP contribution in [-0.4, -0.2) is 40.7 Å². The predicted molar refractivity (Wildman–Crippen MR) is 161 cm³/mol. The normalized spacial score (nSPS) is 16.7. The molecule has 5 rings (SSSR count). The van der Waals surface area contributed by atoms with Crippen LogP contribution in [0.4, 0.5) is 10.8 Å². The molecule has 1 amide bonds. The van der Waals surface area contributed by atoms with Crippen molar-refractivity contribution in [3.05, 3.63) is 86.3 Å². The van der Waals surface area contributed by atoms with Crippen molar-refractivity contribution in [3.63, 3.8) is 0 Å². The molecule has 1 unspecified atom stereocenters. The number of Topliss-reactive ketones (excluding diaryl/α,β-unsaturated/α-hetero) is 1. The highest BCUT2D eigenvalue weighted by Crippen LogP contribution is 2.49. The highest BCUT2D eigenvalue weighted by atomic mass is 35.5. The average Bonchev–Trinajstić information content (AvgIpc) is 3.45. The molecule has 1 aliphatic heterocycles. The third-order valence-electron chi connectivity index (χ3n) is 6.71. The molecule has 10 nitrogen and oxygen atoms in total. The molecule has 2 aliphatic rings. The van der Waals surface area contributed by atoms with E-state index in [4.69, 9.17) is 28.9 Å². The van der Waals surface area contributed by atoms with Crippen LogP contribution < -0.4 is 16.0 Å². The summed E-state index contributed by atoms with van der Waals surface area (Å²) in [5.41, 5.74) is 9.27. The number of nitriles is 1. The van der Waals surface area contributed by atoms with Crippen LogP contribution in [0.5, 0.6) is 0 Å². The molecule has 0 spiro atoms. The number of rotatable bonds is 7. The Bertz CT molecular complexity index is 1700. The van der Waals surface area contributed by atoms with Gasteiger partial charge < -0.3 is 15.8 Å². The number of hydrogen-bond donors (Lipinski definition) is 2. The number of halogens is 2. The number of allylic oxidation sites excluding steroid dienone is 3. The Hall–Kier alpha value is -3.89. The number of aromatic nitrogens is 2. The number of ether oxygens (including phenoxy) is 1. The van der Waals surface area contributed by atoms with Crippen molar-refractivity contribution in [2.24, 2.45) is 5.73 Å². The van der Waals surface area contributed by atoms with Gasteiger partial charge >= 0.3 is 5.97 Å². The molecular weight excluding hydrogens is 619 g/mol. The quantitative estimate of drug-likeness (QED) is 0.244. The molecule has 1 aliphatic carbocycles. The fourth-order valence-corrected chi connectivity index (χ4v) is 6.94. The molecule has 2 heterocycles. The first-order valence-electron chi connectivity index (χ1n) is 12.6. The fourth-order valence-electron chi connectivity index (χ4n) is 4.84. The van der Waals surface area contributed by atoms with E-state index in [2.05, 4.69) is 26.3 Å². The number of esters is 1. The fraction of sp³-hybridized carbons (Fsp3) is 0.214. The van der Waals surface area contributed by atoms with E-state index >= 15 is 0 Å². The summed E-state index contributed by atoms with van der Waals surface area (Å²) in [6, 6.07) is 13.6. The topological polar surface area (TPSA) is 151 Å². The first kappa shape index (κ1) is 29.6. The second-order valence-electron chi connectivity index (χ2n) is 9.22. The van der Waals surface area contributed by atoms with E-state index in [0.29, 0.717) is 61.8 Å². The summed E-state index contributed by atoms with van der Waals surface area (Å²) in [5.74, 6) is -1.43. The standard InChI is InChI=1S/C28H22Cl2N6O4S2/c1-40-26(39)14-8-10-15(11-9-14)33-21(38)13-41-28-35-34-27(42-28)36-19-6-3-7-20(37)23(19)22(17(12-31)25(36)32)16-4-2-5-18(29)24(16)30/h2,4-5,8-11,22H,3,6-7,13,32H2,1H3,(H,33,38).